The average molecular weight is 289 g/mol. The summed E-state index contributed by atoms with van der Waals surface area (Å²) in [4.78, 5) is 11.8. The molecule has 5 heteroatoms. The maximum absolute atomic E-state index is 12.9. The SMILES string of the molecule is COC(=O)/C(=C(\[O-])c1ccc(F)cc1)c1ccc(F)cc1. The predicted molar refractivity (Wildman–Crippen MR) is 71.6 cm³/mol. The molecule has 21 heavy (non-hydrogen) atoms. The predicted octanol–water partition coefficient (Wildman–Crippen LogP) is 2.37. The second kappa shape index (κ2) is 6.17. The molecule has 0 saturated carbocycles. The summed E-state index contributed by atoms with van der Waals surface area (Å²) in [7, 11) is 1.14. The van der Waals surface area contributed by atoms with Crippen molar-refractivity contribution in [1.29, 1.82) is 0 Å². The standard InChI is InChI=1S/C16H12F2O3/c1-21-16(20)14(10-2-6-12(17)7-3-10)15(19)11-4-8-13(18)9-5-11/h2-9,19H,1H3/p-1/b15-14-. The lowest BCUT2D eigenvalue weighted by Gasteiger charge is -2.18. The second-order valence-electron chi connectivity index (χ2n) is 4.21. The lowest BCUT2D eigenvalue weighted by atomic mass is 10.0. The van der Waals surface area contributed by atoms with Crippen LogP contribution in [0, 0.1) is 11.6 Å². The van der Waals surface area contributed by atoms with Crippen molar-refractivity contribution in [2.75, 3.05) is 7.11 Å². The van der Waals surface area contributed by atoms with E-state index in [1.807, 2.05) is 0 Å². The summed E-state index contributed by atoms with van der Waals surface area (Å²) in [5.74, 6) is -2.44. The molecule has 0 radical (unpaired) electrons. The Labute approximate surface area is 120 Å². The van der Waals surface area contributed by atoms with E-state index < -0.39 is 23.4 Å². The molecule has 0 heterocycles. The minimum absolute atomic E-state index is 0.140. The molecular weight excluding hydrogens is 278 g/mol. The molecule has 2 aromatic rings. The number of benzene rings is 2. The monoisotopic (exact) mass is 289 g/mol. The topological polar surface area (TPSA) is 49.4 Å². The first-order valence-corrected chi connectivity index (χ1v) is 6.04. The highest BCUT2D eigenvalue weighted by Gasteiger charge is 2.14. The van der Waals surface area contributed by atoms with E-state index in [1.165, 1.54) is 24.3 Å². The van der Waals surface area contributed by atoms with Crippen molar-refractivity contribution in [3.63, 3.8) is 0 Å². The van der Waals surface area contributed by atoms with E-state index in [2.05, 4.69) is 4.74 Å². The van der Waals surface area contributed by atoms with Gasteiger partial charge in [-0.25, -0.2) is 13.6 Å². The van der Waals surface area contributed by atoms with Crippen LogP contribution >= 0.6 is 0 Å². The van der Waals surface area contributed by atoms with Gasteiger partial charge in [0.2, 0.25) is 0 Å². The fraction of sp³-hybridized carbons (Fsp3) is 0.0625. The summed E-state index contributed by atoms with van der Waals surface area (Å²) in [5.41, 5.74) is 0.141. The summed E-state index contributed by atoms with van der Waals surface area (Å²) < 4.78 is 30.4. The molecule has 0 aliphatic carbocycles. The minimum Gasteiger partial charge on any atom is -0.871 e. The normalized spacial score (nSPS) is 11.8. The van der Waals surface area contributed by atoms with Crippen molar-refractivity contribution in [3.8, 4) is 0 Å². The number of ether oxygens (including phenoxy) is 1. The number of esters is 1. The van der Waals surface area contributed by atoms with Crippen molar-refractivity contribution in [2.24, 2.45) is 0 Å². The van der Waals surface area contributed by atoms with E-state index in [0.29, 0.717) is 0 Å². The fourth-order valence-electron chi connectivity index (χ4n) is 1.81. The van der Waals surface area contributed by atoms with Crippen LogP contribution in [-0.4, -0.2) is 13.1 Å². The lowest BCUT2D eigenvalue weighted by Crippen LogP contribution is -2.13. The molecule has 0 aromatic heterocycles. The van der Waals surface area contributed by atoms with Crippen molar-refractivity contribution in [2.45, 2.75) is 0 Å². The van der Waals surface area contributed by atoms with Crippen LogP contribution in [0.1, 0.15) is 11.1 Å². The quantitative estimate of drug-likeness (QED) is 0.377. The third-order valence-electron chi connectivity index (χ3n) is 2.86. The summed E-state index contributed by atoms with van der Waals surface area (Å²) in [5, 5.41) is 12.4. The van der Waals surface area contributed by atoms with Gasteiger partial charge in [-0.15, -0.1) is 0 Å². The zero-order chi connectivity index (χ0) is 15.4. The first-order valence-electron chi connectivity index (χ1n) is 6.04. The summed E-state index contributed by atoms with van der Waals surface area (Å²) in [6.07, 6.45) is 0. The maximum Gasteiger partial charge on any atom is 0.337 e. The van der Waals surface area contributed by atoms with Crippen LogP contribution < -0.4 is 5.11 Å². The van der Waals surface area contributed by atoms with E-state index >= 15 is 0 Å². The number of hydrogen-bond donors (Lipinski definition) is 0. The second-order valence-corrected chi connectivity index (χ2v) is 4.21. The largest absolute Gasteiger partial charge is 0.871 e. The Morgan fingerprint density at radius 3 is 1.76 bits per heavy atom. The number of methoxy groups -OCH3 is 1. The van der Waals surface area contributed by atoms with Gasteiger partial charge in [0, 0.05) is 0 Å². The van der Waals surface area contributed by atoms with Gasteiger partial charge in [0.25, 0.3) is 0 Å². The zero-order valence-corrected chi connectivity index (χ0v) is 11.1. The molecule has 0 amide bonds. The summed E-state index contributed by atoms with van der Waals surface area (Å²) in [6.45, 7) is 0. The van der Waals surface area contributed by atoms with Crippen LogP contribution in [0.3, 0.4) is 0 Å². The van der Waals surface area contributed by atoms with E-state index in [0.717, 1.165) is 31.4 Å². The van der Waals surface area contributed by atoms with Gasteiger partial charge in [0.05, 0.1) is 12.7 Å². The van der Waals surface area contributed by atoms with E-state index in [-0.39, 0.29) is 16.7 Å². The molecule has 0 aliphatic heterocycles. The first kappa shape index (κ1) is 14.7. The zero-order valence-electron chi connectivity index (χ0n) is 11.1. The van der Waals surface area contributed by atoms with Crippen molar-refractivity contribution < 1.29 is 23.4 Å². The van der Waals surface area contributed by atoms with E-state index in [9.17, 15) is 18.7 Å². The molecular formula is C16H11F2O3-. The average Bonchev–Trinajstić information content (AvgIpc) is 2.49. The van der Waals surface area contributed by atoms with Crippen LogP contribution in [-0.2, 0) is 9.53 Å². The van der Waals surface area contributed by atoms with E-state index in [1.54, 1.807) is 0 Å². The highest BCUT2D eigenvalue weighted by molar-refractivity contribution is 6.23. The number of hydrogen-bond acceptors (Lipinski definition) is 3. The molecule has 108 valence electrons. The van der Waals surface area contributed by atoms with Gasteiger partial charge >= 0.3 is 5.97 Å². The molecule has 2 rings (SSSR count). The van der Waals surface area contributed by atoms with Gasteiger partial charge in [-0.3, -0.25) is 0 Å². The molecule has 0 atom stereocenters. The van der Waals surface area contributed by atoms with Gasteiger partial charge in [0.15, 0.2) is 0 Å². The Kier molecular flexibility index (Phi) is 4.33. The van der Waals surface area contributed by atoms with Crippen molar-refractivity contribution in [3.05, 3.63) is 71.3 Å². The number of carbonyl (C=O) groups is 1. The number of halogens is 2. The van der Waals surface area contributed by atoms with Crippen molar-refractivity contribution >= 4 is 17.3 Å². The third-order valence-corrected chi connectivity index (χ3v) is 2.86. The Morgan fingerprint density at radius 1 is 0.905 bits per heavy atom. The third kappa shape index (κ3) is 3.25. The van der Waals surface area contributed by atoms with Crippen LogP contribution in [0.25, 0.3) is 11.3 Å². The van der Waals surface area contributed by atoms with Crippen molar-refractivity contribution in [1.82, 2.24) is 0 Å². The Balaban J connectivity index is 2.58. The lowest BCUT2D eigenvalue weighted by molar-refractivity contribution is -0.243. The van der Waals surface area contributed by atoms with Gasteiger partial charge in [0.1, 0.15) is 11.6 Å². The van der Waals surface area contributed by atoms with Gasteiger partial charge in [-0.1, -0.05) is 30.0 Å². The van der Waals surface area contributed by atoms with Crippen LogP contribution in [0.15, 0.2) is 48.5 Å². The highest BCUT2D eigenvalue weighted by Crippen LogP contribution is 2.24. The molecule has 0 N–H and O–H groups in total. The number of rotatable bonds is 3. The molecule has 0 spiro atoms. The summed E-state index contributed by atoms with van der Waals surface area (Å²) in [6, 6.07) is 9.66. The highest BCUT2D eigenvalue weighted by atomic mass is 19.1. The molecule has 0 saturated heterocycles. The van der Waals surface area contributed by atoms with E-state index in [4.69, 9.17) is 0 Å². The maximum atomic E-state index is 12.9. The van der Waals surface area contributed by atoms with Crippen LogP contribution in [0.2, 0.25) is 0 Å². The molecule has 0 fully saturated rings. The van der Waals surface area contributed by atoms with Gasteiger partial charge < -0.3 is 9.84 Å². The molecule has 0 aliphatic rings. The molecule has 3 nitrogen and oxygen atoms in total. The smallest absolute Gasteiger partial charge is 0.337 e. The van der Waals surface area contributed by atoms with Crippen LogP contribution in [0.4, 0.5) is 8.78 Å². The Hall–Kier alpha value is -2.69. The van der Waals surface area contributed by atoms with Gasteiger partial charge in [-0.05, 0) is 35.4 Å². The Morgan fingerprint density at radius 2 is 1.33 bits per heavy atom. The molecule has 0 bridgehead atoms. The fourth-order valence-corrected chi connectivity index (χ4v) is 1.81. The Bertz CT molecular complexity index is 674. The molecule has 2 aromatic carbocycles. The minimum atomic E-state index is -0.837. The van der Waals surface area contributed by atoms with Crippen LogP contribution in [0.5, 0.6) is 0 Å². The molecule has 0 unspecified atom stereocenters. The van der Waals surface area contributed by atoms with Gasteiger partial charge in [-0.2, -0.15) is 0 Å². The summed E-state index contributed by atoms with van der Waals surface area (Å²) >= 11 is 0. The number of carbonyl (C=O) groups excluding carboxylic acids is 1. The first-order chi connectivity index (χ1) is 10.0.